The molecule has 0 fully saturated rings. The van der Waals surface area contributed by atoms with Crippen LogP contribution in [-0.2, 0) is 11.3 Å². The van der Waals surface area contributed by atoms with Gasteiger partial charge in [-0.25, -0.2) is 0 Å². The topological polar surface area (TPSA) is 71.6 Å². The molecule has 0 radical (unpaired) electrons. The van der Waals surface area contributed by atoms with Crippen LogP contribution in [0.2, 0.25) is 0 Å². The number of methoxy groups -OCH3 is 2. The first-order chi connectivity index (χ1) is 13.5. The van der Waals surface area contributed by atoms with Gasteiger partial charge in [0.1, 0.15) is 5.75 Å². The Morgan fingerprint density at radius 2 is 1.93 bits per heavy atom. The van der Waals surface area contributed by atoms with E-state index in [1.54, 1.807) is 43.4 Å². The van der Waals surface area contributed by atoms with Gasteiger partial charge in [0.2, 0.25) is 0 Å². The van der Waals surface area contributed by atoms with Gasteiger partial charge in [0, 0.05) is 30.3 Å². The molecular formula is C22H24N2O4. The zero-order chi connectivity index (χ0) is 20.1. The summed E-state index contributed by atoms with van der Waals surface area (Å²) in [4.78, 5) is 30.1. The normalized spacial score (nSPS) is 10.8. The van der Waals surface area contributed by atoms with Gasteiger partial charge < -0.3 is 19.4 Å². The molecule has 0 aliphatic carbocycles. The van der Waals surface area contributed by atoms with E-state index in [1.165, 1.54) is 0 Å². The van der Waals surface area contributed by atoms with Crippen LogP contribution in [0.25, 0.3) is 10.9 Å². The van der Waals surface area contributed by atoms with Gasteiger partial charge in [0.05, 0.1) is 20.3 Å². The maximum absolute atomic E-state index is 13.0. The van der Waals surface area contributed by atoms with E-state index in [0.717, 1.165) is 16.5 Å². The molecule has 0 saturated heterocycles. The molecule has 0 unspecified atom stereocenters. The summed E-state index contributed by atoms with van der Waals surface area (Å²) in [5.41, 5.74) is 2.70. The molecular weight excluding hydrogens is 356 g/mol. The molecule has 3 rings (SSSR count). The molecule has 0 aliphatic heterocycles. The number of rotatable bonds is 7. The number of carbonyl (C=O) groups is 1. The third-order valence-electron chi connectivity index (χ3n) is 4.61. The Kier molecular flexibility index (Phi) is 6.11. The summed E-state index contributed by atoms with van der Waals surface area (Å²) in [5, 5.41) is 0.931. The highest BCUT2D eigenvalue weighted by molar-refractivity contribution is 5.94. The van der Waals surface area contributed by atoms with Gasteiger partial charge >= 0.3 is 0 Å². The summed E-state index contributed by atoms with van der Waals surface area (Å²) in [7, 11) is 3.14. The molecule has 1 N–H and O–H groups in total. The van der Waals surface area contributed by atoms with E-state index in [9.17, 15) is 9.59 Å². The van der Waals surface area contributed by atoms with Crippen LogP contribution in [0.4, 0.5) is 0 Å². The Labute approximate surface area is 163 Å². The SMILES string of the molecule is COCCN(Cc1cc2ccc(C)cc2[nH]c1=O)C(=O)c1cccc(OC)c1. The monoisotopic (exact) mass is 380 g/mol. The predicted octanol–water partition coefficient (Wildman–Crippen LogP) is 3.13. The van der Waals surface area contributed by atoms with E-state index >= 15 is 0 Å². The van der Waals surface area contributed by atoms with E-state index in [-0.39, 0.29) is 18.0 Å². The van der Waals surface area contributed by atoms with Crippen molar-refractivity contribution in [3.8, 4) is 5.75 Å². The molecule has 1 heterocycles. The molecule has 0 atom stereocenters. The van der Waals surface area contributed by atoms with Gasteiger partial charge in [-0.05, 0) is 48.2 Å². The number of carbonyl (C=O) groups excluding carboxylic acids is 1. The zero-order valence-electron chi connectivity index (χ0n) is 16.3. The number of pyridine rings is 1. The molecule has 0 spiro atoms. The number of hydrogen-bond acceptors (Lipinski definition) is 4. The predicted molar refractivity (Wildman–Crippen MR) is 109 cm³/mol. The van der Waals surface area contributed by atoms with E-state index in [4.69, 9.17) is 9.47 Å². The summed E-state index contributed by atoms with van der Waals surface area (Å²) >= 11 is 0. The standard InChI is InChI=1S/C22H24N2O4/c1-15-7-8-16-12-18(21(25)23-20(16)11-15)14-24(9-10-27-2)22(26)17-5-4-6-19(13-17)28-3/h4-8,11-13H,9-10,14H2,1-3H3,(H,23,25). The van der Waals surface area contributed by atoms with Gasteiger partial charge in [-0.2, -0.15) is 0 Å². The second kappa shape index (κ2) is 8.71. The zero-order valence-corrected chi connectivity index (χ0v) is 16.3. The maximum atomic E-state index is 13.0. The fourth-order valence-corrected chi connectivity index (χ4v) is 3.08. The molecule has 2 aromatic carbocycles. The van der Waals surface area contributed by atoms with Crippen LogP contribution >= 0.6 is 0 Å². The largest absolute Gasteiger partial charge is 0.497 e. The second-order valence-corrected chi connectivity index (χ2v) is 6.67. The van der Waals surface area contributed by atoms with Crippen LogP contribution in [0.15, 0.2) is 53.3 Å². The van der Waals surface area contributed by atoms with Crippen LogP contribution in [0.1, 0.15) is 21.5 Å². The van der Waals surface area contributed by atoms with E-state index in [1.807, 2.05) is 31.2 Å². The van der Waals surface area contributed by atoms with Crippen molar-refractivity contribution >= 4 is 16.8 Å². The van der Waals surface area contributed by atoms with Crippen molar-refractivity contribution in [3.63, 3.8) is 0 Å². The van der Waals surface area contributed by atoms with Gasteiger partial charge in [0.15, 0.2) is 0 Å². The third-order valence-corrected chi connectivity index (χ3v) is 4.61. The van der Waals surface area contributed by atoms with E-state index in [0.29, 0.717) is 30.0 Å². The van der Waals surface area contributed by atoms with Crippen LogP contribution in [0.3, 0.4) is 0 Å². The minimum Gasteiger partial charge on any atom is -0.497 e. The quantitative estimate of drug-likeness (QED) is 0.684. The van der Waals surface area contributed by atoms with Gasteiger partial charge in [0.25, 0.3) is 11.5 Å². The van der Waals surface area contributed by atoms with E-state index < -0.39 is 0 Å². The summed E-state index contributed by atoms with van der Waals surface area (Å²) < 4.78 is 10.4. The van der Waals surface area contributed by atoms with Crippen LogP contribution in [-0.4, -0.2) is 43.2 Å². The number of amides is 1. The van der Waals surface area contributed by atoms with Crippen LogP contribution in [0, 0.1) is 6.92 Å². The molecule has 1 amide bonds. The molecule has 1 aromatic heterocycles. The molecule has 0 bridgehead atoms. The number of nitrogens with zero attached hydrogens (tertiary/aromatic N) is 1. The van der Waals surface area contributed by atoms with E-state index in [2.05, 4.69) is 4.98 Å². The fourth-order valence-electron chi connectivity index (χ4n) is 3.08. The number of aromatic amines is 1. The number of benzene rings is 2. The smallest absolute Gasteiger partial charge is 0.254 e. The Bertz CT molecular complexity index is 1040. The molecule has 6 nitrogen and oxygen atoms in total. The summed E-state index contributed by atoms with van der Waals surface area (Å²) in [6.45, 7) is 2.92. The number of aryl methyl sites for hydroxylation is 1. The molecule has 0 aliphatic rings. The number of hydrogen-bond donors (Lipinski definition) is 1. The second-order valence-electron chi connectivity index (χ2n) is 6.67. The maximum Gasteiger partial charge on any atom is 0.254 e. The Morgan fingerprint density at radius 3 is 2.68 bits per heavy atom. The van der Waals surface area contributed by atoms with Gasteiger partial charge in [-0.3, -0.25) is 9.59 Å². The number of fused-ring (bicyclic) bond motifs is 1. The summed E-state index contributed by atoms with van der Waals surface area (Å²) in [6.07, 6.45) is 0. The lowest BCUT2D eigenvalue weighted by atomic mass is 10.1. The minimum absolute atomic E-state index is 0.181. The summed E-state index contributed by atoms with van der Waals surface area (Å²) in [6, 6.07) is 14.7. The van der Waals surface area contributed by atoms with Crippen molar-refractivity contribution in [3.05, 3.63) is 75.6 Å². The average molecular weight is 380 g/mol. The van der Waals surface area contributed by atoms with Crippen LogP contribution < -0.4 is 10.3 Å². The first-order valence-electron chi connectivity index (χ1n) is 9.06. The van der Waals surface area contributed by atoms with Crippen molar-refractivity contribution in [2.24, 2.45) is 0 Å². The van der Waals surface area contributed by atoms with Gasteiger partial charge in [-0.1, -0.05) is 18.2 Å². The Morgan fingerprint density at radius 1 is 1.11 bits per heavy atom. The number of H-pyrrole nitrogens is 1. The molecule has 6 heteroatoms. The van der Waals surface area contributed by atoms with Crippen molar-refractivity contribution in [1.82, 2.24) is 9.88 Å². The lowest BCUT2D eigenvalue weighted by Crippen LogP contribution is -2.35. The first-order valence-corrected chi connectivity index (χ1v) is 9.06. The fraction of sp³-hybridized carbons (Fsp3) is 0.273. The lowest BCUT2D eigenvalue weighted by molar-refractivity contribution is 0.0679. The number of aromatic nitrogens is 1. The Balaban J connectivity index is 1.93. The van der Waals surface area contributed by atoms with Crippen LogP contribution in [0.5, 0.6) is 5.75 Å². The average Bonchev–Trinajstić information content (AvgIpc) is 2.71. The molecule has 28 heavy (non-hydrogen) atoms. The third kappa shape index (κ3) is 4.40. The van der Waals surface area contributed by atoms with Crippen molar-refractivity contribution in [1.29, 1.82) is 0 Å². The molecule has 3 aromatic rings. The number of nitrogens with one attached hydrogen (secondary N) is 1. The highest BCUT2D eigenvalue weighted by Crippen LogP contribution is 2.17. The van der Waals surface area contributed by atoms with Crippen molar-refractivity contribution < 1.29 is 14.3 Å². The molecule has 0 saturated carbocycles. The lowest BCUT2D eigenvalue weighted by Gasteiger charge is -2.22. The minimum atomic E-state index is -0.195. The van der Waals surface area contributed by atoms with Gasteiger partial charge in [-0.15, -0.1) is 0 Å². The van der Waals surface area contributed by atoms with Crippen molar-refractivity contribution in [2.75, 3.05) is 27.4 Å². The highest BCUT2D eigenvalue weighted by Gasteiger charge is 2.18. The Hall–Kier alpha value is -3.12. The van der Waals surface area contributed by atoms with Crippen molar-refractivity contribution in [2.45, 2.75) is 13.5 Å². The highest BCUT2D eigenvalue weighted by atomic mass is 16.5. The molecule has 146 valence electrons. The summed E-state index contributed by atoms with van der Waals surface area (Å²) in [5.74, 6) is 0.427. The number of ether oxygens (including phenoxy) is 2. The first kappa shape index (κ1) is 19.6.